The molecule has 0 bridgehead atoms. The molecule has 0 saturated heterocycles. The average molecular weight is 433 g/mol. The Hall–Kier alpha value is -3.56. The van der Waals surface area contributed by atoms with Gasteiger partial charge in [-0.25, -0.2) is 19.7 Å². The molecule has 1 amide bonds. The van der Waals surface area contributed by atoms with E-state index in [9.17, 15) is 9.00 Å². The highest BCUT2D eigenvalue weighted by atomic mass is 32.2. The Labute approximate surface area is 180 Å². The predicted octanol–water partition coefficient (Wildman–Crippen LogP) is 2.68. The summed E-state index contributed by atoms with van der Waals surface area (Å²) in [7, 11) is -1.39. The van der Waals surface area contributed by atoms with Crippen molar-refractivity contribution in [3.05, 3.63) is 83.8 Å². The van der Waals surface area contributed by atoms with Gasteiger partial charge in [-0.05, 0) is 30.2 Å². The molecule has 156 valence electrons. The molecule has 9 heteroatoms. The zero-order chi connectivity index (χ0) is 21.4. The van der Waals surface area contributed by atoms with Crippen LogP contribution in [0.25, 0.3) is 10.9 Å². The number of hydrogen-bond acceptors (Lipinski definition) is 6. The summed E-state index contributed by atoms with van der Waals surface area (Å²) < 4.78 is 15.4. The fraction of sp³-hybridized carbons (Fsp3) is 0.136. The molecule has 2 aromatic heterocycles. The summed E-state index contributed by atoms with van der Waals surface area (Å²) in [4.78, 5) is 22.8. The maximum atomic E-state index is 13.5. The van der Waals surface area contributed by atoms with Crippen molar-refractivity contribution in [1.82, 2.24) is 19.4 Å². The minimum Gasteiger partial charge on any atom is -0.335 e. The third kappa shape index (κ3) is 3.37. The Bertz CT molecular complexity index is 1290. The molecule has 1 aliphatic rings. The largest absolute Gasteiger partial charge is 0.335 e. The van der Waals surface area contributed by atoms with Crippen molar-refractivity contribution >= 4 is 33.7 Å². The monoisotopic (exact) mass is 433 g/mol. The van der Waals surface area contributed by atoms with Gasteiger partial charge in [0.25, 0.3) is 5.91 Å². The van der Waals surface area contributed by atoms with Crippen LogP contribution in [-0.4, -0.2) is 35.8 Å². The van der Waals surface area contributed by atoms with Crippen LogP contribution in [0, 0.1) is 0 Å². The number of rotatable bonds is 4. The third-order valence-corrected chi connectivity index (χ3v) is 6.83. The first-order valence-electron chi connectivity index (χ1n) is 9.77. The molecule has 2 aromatic carbocycles. The molecule has 0 fully saturated rings. The molecular weight excluding hydrogens is 414 g/mol. The molecule has 1 unspecified atom stereocenters. The van der Waals surface area contributed by atoms with E-state index >= 15 is 0 Å². The fourth-order valence-electron chi connectivity index (χ4n) is 3.94. The number of benzene rings is 2. The summed E-state index contributed by atoms with van der Waals surface area (Å²) in [5.41, 5.74) is 4.84. The summed E-state index contributed by atoms with van der Waals surface area (Å²) in [6.45, 7) is 1.19. The summed E-state index contributed by atoms with van der Waals surface area (Å²) in [6, 6.07) is 17.4. The Balaban J connectivity index is 1.56. The zero-order valence-corrected chi connectivity index (χ0v) is 17.2. The number of nitrogens with one attached hydrogen (secondary N) is 1. The first-order chi connectivity index (χ1) is 15.2. The van der Waals surface area contributed by atoms with E-state index in [1.165, 1.54) is 18.0 Å². The lowest BCUT2D eigenvalue weighted by molar-refractivity contribution is 0.0705. The van der Waals surface area contributed by atoms with E-state index in [0.29, 0.717) is 19.0 Å². The number of anilines is 1. The van der Waals surface area contributed by atoms with Gasteiger partial charge in [0, 0.05) is 24.3 Å². The smallest absolute Gasteiger partial charge is 0.277 e. The Morgan fingerprint density at radius 1 is 1.03 bits per heavy atom. The van der Waals surface area contributed by atoms with Crippen molar-refractivity contribution in [3.8, 4) is 0 Å². The van der Waals surface area contributed by atoms with Crippen LogP contribution in [-0.2, 0) is 24.0 Å². The average Bonchev–Trinajstić information content (AvgIpc) is 3.17. The van der Waals surface area contributed by atoms with Crippen molar-refractivity contribution < 1.29 is 14.2 Å². The molecule has 1 aliphatic heterocycles. The molecule has 8 nitrogen and oxygen atoms in total. The highest BCUT2D eigenvalue weighted by Crippen LogP contribution is 2.33. The van der Waals surface area contributed by atoms with Gasteiger partial charge in [0.2, 0.25) is 5.95 Å². The Morgan fingerprint density at radius 2 is 1.74 bits per heavy atom. The first-order valence-corrected chi connectivity index (χ1v) is 10.9. The Kier molecular flexibility index (Phi) is 4.97. The van der Waals surface area contributed by atoms with Crippen LogP contribution < -0.4 is 10.4 Å². The number of carbonyl (C=O) groups excluding carboxylic acids is 1. The van der Waals surface area contributed by atoms with Gasteiger partial charge < -0.3 is 4.90 Å². The lowest BCUT2D eigenvalue weighted by Crippen LogP contribution is -2.33. The summed E-state index contributed by atoms with van der Waals surface area (Å²) >= 11 is 0. The van der Waals surface area contributed by atoms with Gasteiger partial charge in [-0.2, -0.15) is 0 Å². The summed E-state index contributed by atoms with van der Waals surface area (Å²) in [6.07, 6.45) is 3.51. The molecule has 0 radical (unpaired) electrons. The van der Waals surface area contributed by atoms with Crippen LogP contribution in [0.4, 0.5) is 5.95 Å². The molecule has 31 heavy (non-hydrogen) atoms. The van der Waals surface area contributed by atoms with Crippen LogP contribution in [0.1, 0.15) is 21.6 Å². The van der Waals surface area contributed by atoms with Crippen molar-refractivity contribution in [2.45, 2.75) is 17.9 Å². The van der Waals surface area contributed by atoms with E-state index in [1.807, 2.05) is 57.4 Å². The number of hydroxylamine groups is 1. The van der Waals surface area contributed by atoms with Crippen molar-refractivity contribution in [2.75, 3.05) is 11.4 Å². The van der Waals surface area contributed by atoms with Crippen LogP contribution >= 0.6 is 0 Å². The normalized spacial score (nSPS) is 14.3. The van der Waals surface area contributed by atoms with Crippen molar-refractivity contribution in [3.63, 3.8) is 0 Å². The third-order valence-electron chi connectivity index (χ3n) is 5.41. The van der Waals surface area contributed by atoms with Crippen LogP contribution in [0.5, 0.6) is 0 Å². The van der Waals surface area contributed by atoms with E-state index in [4.69, 9.17) is 5.21 Å². The van der Waals surface area contributed by atoms with Crippen LogP contribution in [0.2, 0.25) is 0 Å². The zero-order valence-electron chi connectivity index (χ0n) is 16.4. The number of aromatic nitrogens is 3. The lowest BCUT2D eigenvalue weighted by atomic mass is 10.0. The van der Waals surface area contributed by atoms with Gasteiger partial charge in [0.05, 0.1) is 28.2 Å². The maximum Gasteiger partial charge on any atom is 0.277 e. The molecule has 2 N–H and O–H groups in total. The molecule has 0 aliphatic carbocycles. The molecule has 4 aromatic rings. The van der Waals surface area contributed by atoms with Gasteiger partial charge in [0.15, 0.2) is 11.0 Å². The van der Waals surface area contributed by atoms with Crippen molar-refractivity contribution in [1.29, 1.82) is 0 Å². The highest BCUT2D eigenvalue weighted by molar-refractivity contribution is 7.83. The number of nitrogens with zero attached hydrogens (tertiary/aromatic N) is 4. The number of hydrogen-bond donors (Lipinski definition) is 2. The minimum atomic E-state index is -1.39. The van der Waals surface area contributed by atoms with Crippen molar-refractivity contribution in [2.24, 2.45) is 0 Å². The standard InChI is InChI=1S/C22H19N5O3S/c28-21(25-29)15-12-23-22(24-13-15)26-11-10-18-17-8-4-5-9-19(17)27(20(18)14-26)31(30)16-6-2-1-3-7-16/h1-9,12-13,29H,10-11,14H2,(H,25,28). The number of amides is 1. The highest BCUT2D eigenvalue weighted by Gasteiger charge is 2.28. The number of carbonyl (C=O) groups is 1. The second kappa shape index (κ2) is 7.93. The van der Waals surface area contributed by atoms with E-state index in [0.717, 1.165) is 27.9 Å². The van der Waals surface area contributed by atoms with E-state index < -0.39 is 16.9 Å². The van der Waals surface area contributed by atoms with Gasteiger partial charge in [0.1, 0.15) is 0 Å². The van der Waals surface area contributed by atoms with E-state index in [1.54, 1.807) is 5.48 Å². The maximum absolute atomic E-state index is 13.5. The second-order valence-corrected chi connectivity index (χ2v) is 8.52. The summed E-state index contributed by atoms with van der Waals surface area (Å²) in [5, 5.41) is 9.87. The molecule has 0 spiro atoms. The molecular formula is C22H19N5O3S. The number of para-hydroxylation sites is 1. The molecule has 0 saturated carbocycles. The fourth-order valence-corrected chi connectivity index (χ4v) is 5.25. The topological polar surface area (TPSA) is 100 Å². The minimum absolute atomic E-state index is 0.170. The Morgan fingerprint density at radius 3 is 2.48 bits per heavy atom. The predicted molar refractivity (Wildman–Crippen MR) is 116 cm³/mol. The SMILES string of the molecule is O=C(NO)c1cnc(N2CCc3c(n(S(=O)c4ccccc4)c4ccccc34)C2)nc1. The first kappa shape index (κ1) is 19.4. The van der Waals surface area contributed by atoms with Crippen LogP contribution in [0.3, 0.4) is 0 Å². The van der Waals surface area contributed by atoms with Gasteiger partial charge in [-0.3, -0.25) is 14.0 Å². The summed E-state index contributed by atoms with van der Waals surface area (Å²) in [5.74, 6) is -0.187. The van der Waals surface area contributed by atoms with Gasteiger partial charge in [-0.15, -0.1) is 0 Å². The van der Waals surface area contributed by atoms with Gasteiger partial charge >= 0.3 is 0 Å². The molecule has 3 heterocycles. The second-order valence-electron chi connectivity index (χ2n) is 7.18. The number of fused-ring (bicyclic) bond motifs is 3. The van der Waals surface area contributed by atoms with E-state index in [-0.39, 0.29) is 5.56 Å². The lowest BCUT2D eigenvalue weighted by Gasteiger charge is -2.28. The molecule has 5 rings (SSSR count). The van der Waals surface area contributed by atoms with Gasteiger partial charge in [-0.1, -0.05) is 36.4 Å². The molecule has 1 atom stereocenters. The van der Waals surface area contributed by atoms with E-state index in [2.05, 4.69) is 16.0 Å². The quantitative estimate of drug-likeness (QED) is 0.379. The van der Waals surface area contributed by atoms with Crippen LogP contribution in [0.15, 0.2) is 71.9 Å².